The molecule has 8 heteroatoms. The van der Waals surface area contributed by atoms with Crippen LogP contribution in [-0.4, -0.2) is 27.9 Å². The fourth-order valence-corrected chi connectivity index (χ4v) is 3.29. The summed E-state index contributed by atoms with van der Waals surface area (Å²) in [4.78, 5) is 21.0. The van der Waals surface area contributed by atoms with Gasteiger partial charge in [-0.1, -0.05) is 18.7 Å². The van der Waals surface area contributed by atoms with E-state index in [1.165, 1.54) is 11.8 Å². The standard InChI is InChI=1S/C17H15N3O4S/c1-2-14(25-17-20-15-12(24-17)4-3-7-18-15)16(21)19-10-5-6-11-13(8-10)23-9-22-11/h3-8,14H,2,9H2,1H3,(H,19,21)/t14-/m0/s1. The molecule has 1 atom stereocenters. The molecule has 7 nitrogen and oxygen atoms in total. The molecule has 128 valence electrons. The summed E-state index contributed by atoms with van der Waals surface area (Å²) in [6.45, 7) is 2.14. The fourth-order valence-electron chi connectivity index (χ4n) is 2.44. The fraction of sp³-hybridized carbons (Fsp3) is 0.235. The number of amides is 1. The molecule has 1 aromatic carbocycles. The van der Waals surface area contributed by atoms with Crippen molar-refractivity contribution in [2.75, 3.05) is 12.1 Å². The maximum Gasteiger partial charge on any atom is 0.259 e. The number of ether oxygens (including phenoxy) is 2. The van der Waals surface area contributed by atoms with Gasteiger partial charge in [0.2, 0.25) is 12.7 Å². The Balaban J connectivity index is 1.47. The lowest BCUT2D eigenvalue weighted by atomic mass is 10.2. The Morgan fingerprint density at radius 3 is 3.04 bits per heavy atom. The first-order valence-corrected chi connectivity index (χ1v) is 8.69. The van der Waals surface area contributed by atoms with Crippen LogP contribution in [-0.2, 0) is 4.79 Å². The molecule has 0 bridgehead atoms. The van der Waals surface area contributed by atoms with Crippen LogP contribution in [0.5, 0.6) is 11.5 Å². The molecular formula is C17H15N3O4S. The quantitative estimate of drug-likeness (QED) is 0.700. The highest BCUT2D eigenvalue weighted by Crippen LogP contribution is 2.35. The second-order valence-corrected chi connectivity index (χ2v) is 6.53. The predicted molar refractivity (Wildman–Crippen MR) is 92.9 cm³/mol. The van der Waals surface area contributed by atoms with Gasteiger partial charge < -0.3 is 19.2 Å². The Kier molecular flexibility index (Phi) is 4.19. The Bertz CT molecular complexity index is 894. The van der Waals surface area contributed by atoms with Crippen LogP contribution in [0.25, 0.3) is 11.2 Å². The van der Waals surface area contributed by atoms with E-state index in [0.29, 0.717) is 40.1 Å². The third kappa shape index (κ3) is 3.25. The predicted octanol–water partition coefficient (Wildman–Crippen LogP) is 3.46. The van der Waals surface area contributed by atoms with E-state index < -0.39 is 0 Å². The summed E-state index contributed by atoms with van der Waals surface area (Å²) in [5.74, 6) is 1.18. The Morgan fingerprint density at radius 2 is 2.20 bits per heavy atom. The van der Waals surface area contributed by atoms with Crippen molar-refractivity contribution in [2.45, 2.75) is 23.8 Å². The van der Waals surface area contributed by atoms with E-state index in [4.69, 9.17) is 13.9 Å². The van der Waals surface area contributed by atoms with E-state index >= 15 is 0 Å². The summed E-state index contributed by atoms with van der Waals surface area (Å²) in [5.41, 5.74) is 1.81. The minimum absolute atomic E-state index is 0.124. The van der Waals surface area contributed by atoms with Crippen LogP contribution in [0, 0.1) is 0 Å². The summed E-state index contributed by atoms with van der Waals surface area (Å²) < 4.78 is 16.2. The van der Waals surface area contributed by atoms with Crippen molar-refractivity contribution in [3.8, 4) is 11.5 Å². The molecule has 0 radical (unpaired) electrons. The minimum atomic E-state index is -0.335. The number of oxazole rings is 1. The number of pyridine rings is 1. The van der Waals surface area contributed by atoms with Crippen molar-refractivity contribution >= 4 is 34.6 Å². The third-order valence-corrected chi connectivity index (χ3v) is 4.90. The van der Waals surface area contributed by atoms with Crippen molar-refractivity contribution in [1.82, 2.24) is 9.97 Å². The van der Waals surface area contributed by atoms with Gasteiger partial charge >= 0.3 is 0 Å². The second kappa shape index (κ2) is 6.64. The zero-order chi connectivity index (χ0) is 17.2. The zero-order valence-corrected chi connectivity index (χ0v) is 14.2. The summed E-state index contributed by atoms with van der Waals surface area (Å²) in [6, 6.07) is 8.89. The number of carbonyl (C=O) groups is 1. The molecule has 0 aliphatic carbocycles. The van der Waals surface area contributed by atoms with Gasteiger partial charge in [0.05, 0.1) is 5.25 Å². The topological polar surface area (TPSA) is 86.5 Å². The molecule has 1 amide bonds. The highest BCUT2D eigenvalue weighted by atomic mass is 32.2. The van der Waals surface area contributed by atoms with Crippen LogP contribution >= 0.6 is 11.8 Å². The molecule has 0 saturated carbocycles. The van der Waals surface area contributed by atoms with Gasteiger partial charge in [-0.3, -0.25) is 4.79 Å². The number of nitrogens with one attached hydrogen (secondary N) is 1. The number of carbonyl (C=O) groups excluding carboxylic acids is 1. The van der Waals surface area contributed by atoms with Gasteiger partial charge in [-0.2, -0.15) is 4.98 Å². The van der Waals surface area contributed by atoms with Gasteiger partial charge in [0.15, 0.2) is 22.7 Å². The van der Waals surface area contributed by atoms with E-state index in [1.54, 1.807) is 36.5 Å². The first-order chi connectivity index (χ1) is 12.2. The van der Waals surface area contributed by atoms with Crippen molar-refractivity contribution in [3.05, 3.63) is 36.5 Å². The molecular weight excluding hydrogens is 342 g/mol. The van der Waals surface area contributed by atoms with Gasteiger partial charge in [0.1, 0.15) is 0 Å². The third-order valence-electron chi connectivity index (χ3n) is 3.69. The van der Waals surface area contributed by atoms with Crippen LogP contribution in [0.2, 0.25) is 0 Å². The first kappa shape index (κ1) is 15.8. The number of rotatable bonds is 5. The lowest BCUT2D eigenvalue weighted by molar-refractivity contribution is -0.115. The number of aromatic nitrogens is 2. The van der Waals surface area contributed by atoms with E-state index in [0.717, 1.165) is 0 Å². The largest absolute Gasteiger partial charge is 0.454 e. The summed E-state index contributed by atoms with van der Waals surface area (Å²) in [7, 11) is 0. The van der Waals surface area contributed by atoms with Gasteiger partial charge in [0, 0.05) is 18.0 Å². The maximum absolute atomic E-state index is 12.6. The maximum atomic E-state index is 12.6. The molecule has 3 heterocycles. The highest BCUT2D eigenvalue weighted by Gasteiger charge is 2.22. The number of benzene rings is 1. The lowest BCUT2D eigenvalue weighted by Gasteiger charge is -2.13. The average molecular weight is 357 g/mol. The molecule has 0 spiro atoms. The van der Waals surface area contributed by atoms with E-state index in [1.807, 2.05) is 6.92 Å². The number of thioether (sulfide) groups is 1. The number of hydrogen-bond donors (Lipinski definition) is 1. The summed E-state index contributed by atoms with van der Waals surface area (Å²) >= 11 is 1.28. The molecule has 3 aromatic rings. The second-order valence-electron chi connectivity index (χ2n) is 5.38. The molecule has 0 unspecified atom stereocenters. The molecule has 1 N–H and O–H groups in total. The van der Waals surface area contributed by atoms with Crippen LogP contribution in [0.4, 0.5) is 5.69 Å². The molecule has 2 aromatic heterocycles. The van der Waals surface area contributed by atoms with Crippen LogP contribution in [0.1, 0.15) is 13.3 Å². The average Bonchev–Trinajstić information content (AvgIpc) is 3.24. The number of anilines is 1. The molecule has 0 saturated heterocycles. The Hall–Kier alpha value is -2.74. The van der Waals surface area contributed by atoms with E-state index in [2.05, 4.69) is 15.3 Å². The van der Waals surface area contributed by atoms with Crippen molar-refractivity contribution < 1.29 is 18.7 Å². The van der Waals surface area contributed by atoms with E-state index in [-0.39, 0.29) is 18.0 Å². The molecule has 0 fully saturated rings. The van der Waals surface area contributed by atoms with Crippen LogP contribution in [0.3, 0.4) is 0 Å². The molecule has 1 aliphatic heterocycles. The number of fused-ring (bicyclic) bond motifs is 2. The first-order valence-electron chi connectivity index (χ1n) is 7.81. The molecule has 4 rings (SSSR count). The van der Waals surface area contributed by atoms with Crippen molar-refractivity contribution in [2.24, 2.45) is 0 Å². The van der Waals surface area contributed by atoms with Gasteiger partial charge in [-0.15, -0.1) is 0 Å². The normalized spacial score (nSPS) is 13.8. The SMILES string of the molecule is CC[C@H](Sc1nc2ncccc2o1)C(=O)Nc1ccc2c(c1)OCO2. The van der Waals surface area contributed by atoms with Gasteiger partial charge in [-0.25, -0.2) is 4.98 Å². The van der Waals surface area contributed by atoms with E-state index in [9.17, 15) is 4.79 Å². The Morgan fingerprint density at radius 1 is 1.32 bits per heavy atom. The smallest absolute Gasteiger partial charge is 0.259 e. The zero-order valence-electron chi connectivity index (χ0n) is 13.4. The minimum Gasteiger partial charge on any atom is -0.454 e. The Labute approximate surface area is 147 Å². The monoisotopic (exact) mass is 357 g/mol. The highest BCUT2D eigenvalue weighted by molar-refractivity contribution is 8.00. The van der Waals surface area contributed by atoms with Crippen molar-refractivity contribution in [3.63, 3.8) is 0 Å². The molecule has 25 heavy (non-hydrogen) atoms. The van der Waals surface area contributed by atoms with Gasteiger partial charge in [-0.05, 0) is 30.7 Å². The summed E-state index contributed by atoms with van der Waals surface area (Å²) in [6.07, 6.45) is 2.29. The van der Waals surface area contributed by atoms with Crippen LogP contribution < -0.4 is 14.8 Å². The lowest BCUT2D eigenvalue weighted by Crippen LogP contribution is -2.24. The van der Waals surface area contributed by atoms with Crippen molar-refractivity contribution in [1.29, 1.82) is 0 Å². The number of hydrogen-bond acceptors (Lipinski definition) is 7. The van der Waals surface area contributed by atoms with Gasteiger partial charge in [0.25, 0.3) is 5.22 Å². The summed E-state index contributed by atoms with van der Waals surface area (Å²) in [5, 5.41) is 2.99. The molecule has 1 aliphatic rings. The van der Waals surface area contributed by atoms with Crippen LogP contribution in [0.15, 0.2) is 46.2 Å². The number of nitrogens with zero attached hydrogens (tertiary/aromatic N) is 2.